The fourth-order valence-corrected chi connectivity index (χ4v) is 1.86. The van der Waals surface area contributed by atoms with E-state index in [1.807, 2.05) is 42.1 Å². The molecule has 0 fully saturated rings. The smallest absolute Gasteiger partial charge is 0.128 e. The molecule has 0 saturated heterocycles. The second-order valence-corrected chi connectivity index (χ2v) is 3.52. The maximum absolute atomic E-state index is 5.53. The van der Waals surface area contributed by atoms with Crippen molar-refractivity contribution in [3.8, 4) is 17.0 Å². The largest absolute Gasteiger partial charge is 0.493 e. The van der Waals surface area contributed by atoms with E-state index in [1.54, 1.807) is 11.3 Å². The minimum absolute atomic E-state index is 0. The summed E-state index contributed by atoms with van der Waals surface area (Å²) in [5.41, 5.74) is 3.88. The van der Waals surface area contributed by atoms with Crippen molar-refractivity contribution in [1.29, 1.82) is 0 Å². The molecular weight excluding hydrogens is 274 g/mol. The van der Waals surface area contributed by atoms with Gasteiger partial charge in [-0.25, -0.2) is 4.98 Å². The zero-order valence-electron chi connectivity index (χ0n) is 8.34. The summed E-state index contributed by atoms with van der Waals surface area (Å²) in [4.78, 5) is 4.27. The number of benzene rings is 1. The van der Waals surface area contributed by atoms with Crippen LogP contribution >= 0.6 is 28.3 Å². The van der Waals surface area contributed by atoms with Crippen molar-refractivity contribution in [1.82, 2.24) is 4.98 Å². The molecule has 0 radical (unpaired) electrons. The van der Waals surface area contributed by atoms with Crippen LogP contribution in [0.25, 0.3) is 11.3 Å². The highest BCUT2D eigenvalue weighted by molar-refractivity contribution is 8.93. The summed E-state index contributed by atoms with van der Waals surface area (Å²) in [5.74, 6) is 0.904. The first-order chi connectivity index (χ1) is 6.92. The Kier molecular flexibility index (Phi) is 4.78. The Morgan fingerprint density at radius 2 is 2.13 bits per heavy atom. The molecule has 0 aliphatic heterocycles. The molecule has 1 aromatic heterocycles. The maximum Gasteiger partial charge on any atom is 0.128 e. The van der Waals surface area contributed by atoms with E-state index in [1.165, 1.54) is 0 Å². The van der Waals surface area contributed by atoms with Gasteiger partial charge < -0.3 is 4.74 Å². The van der Waals surface area contributed by atoms with Gasteiger partial charge in [-0.05, 0) is 19.1 Å². The molecule has 0 unspecified atom stereocenters. The predicted molar refractivity (Wildman–Crippen MR) is 69.0 cm³/mol. The number of rotatable bonds is 3. The van der Waals surface area contributed by atoms with E-state index >= 15 is 0 Å². The van der Waals surface area contributed by atoms with E-state index in [0.29, 0.717) is 6.61 Å². The van der Waals surface area contributed by atoms with Crippen LogP contribution in [0.5, 0.6) is 5.75 Å². The Labute approximate surface area is 104 Å². The first kappa shape index (κ1) is 12.2. The number of aromatic nitrogens is 1. The molecule has 0 atom stereocenters. The Hall–Kier alpha value is -0.870. The normalized spacial score (nSPS) is 9.40. The van der Waals surface area contributed by atoms with Crippen LogP contribution in [0.4, 0.5) is 0 Å². The van der Waals surface area contributed by atoms with Crippen LogP contribution in [0.3, 0.4) is 0 Å². The molecule has 1 aromatic carbocycles. The minimum Gasteiger partial charge on any atom is -0.493 e. The number of halogens is 1. The van der Waals surface area contributed by atoms with Crippen LogP contribution in [-0.2, 0) is 0 Å². The number of hydrogen-bond donors (Lipinski definition) is 0. The zero-order chi connectivity index (χ0) is 9.80. The Bertz CT molecular complexity index is 403. The van der Waals surface area contributed by atoms with E-state index in [-0.39, 0.29) is 17.0 Å². The van der Waals surface area contributed by atoms with Crippen molar-refractivity contribution in [2.75, 3.05) is 6.61 Å². The first-order valence-electron chi connectivity index (χ1n) is 4.52. The Morgan fingerprint density at radius 3 is 2.80 bits per heavy atom. The summed E-state index contributed by atoms with van der Waals surface area (Å²) in [6.07, 6.45) is 0. The molecule has 0 amide bonds. The van der Waals surface area contributed by atoms with Gasteiger partial charge in [0.15, 0.2) is 0 Å². The van der Waals surface area contributed by atoms with Crippen LogP contribution < -0.4 is 4.74 Å². The third-order valence-electron chi connectivity index (χ3n) is 1.90. The topological polar surface area (TPSA) is 22.1 Å². The molecule has 15 heavy (non-hydrogen) atoms. The standard InChI is InChI=1S/C11H11NOS.BrH/c1-2-13-11-6-4-3-5-9(11)10-7-14-8-12-10;/h3-8H,2H2,1H3;1H. The van der Waals surface area contributed by atoms with Gasteiger partial charge >= 0.3 is 0 Å². The van der Waals surface area contributed by atoms with Crippen LogP contribution in [-0.4, -0.2) is 11.6 Å². The third-order valence-corrected chi connectivity index (χ3v) is 2.48. The van der Waals surface area contributed by atoms with Crippen molar-refractivity contribution >= 4 is 28.3 Å². The minimum atomic E-state index is 0. The maximum atomic E-state index is 5.53. The summed E-state index contributed by atoms with van der Waals surface area (Å²) >= 11 is 1.59. The highest BCUT2D eigenvalue weighted by Gasteiger charge is 2.05. The van der Waals surface area contributed by atoms with E-state index < -0.39 is 0 Å². The number of ether oxygens (including phenoxy) is 1. The van der Waals surface area contributed by atoms with Crippen LogP contribution in [0.15, 0.2) is 35.2 Å². The van der Waals surface area contributed by atoms with E-state index in [2.05, 4.69) is 4.98 Å². The molecule has 4 heteroatoms. The van der Waals surface area contributed by atoms with Gasteiger partial charge in [0, 0.05) is 10.9 Å². The van der Waals surface area contributed by atoms with Crippen molar-refractivity contribution in [3.63, 3.8) is 0 Å². The van der Waals surface area contributed by atoms with Crippen molar-refractivity contribution in [3.05, 3.63) is 35.2 Å². The van der Waals surface area contributed by atoms with Gasteiger partial charge in [-0.2, -0.15) is 0 Å². The number of thiazole rings is 1. The quantitative estimate of drug-likeness (QED) is 0.856. The lowest BCUT2D eigenvalue weighted by atomic mass is 10.1. The van der Waals surface area contributed by atoms with Gasteiger partial charge in [-0.3, -0.25) is 0 Å². The van der Waals surface area contributed by atoms with Gasteiger partial charge in [0.1, 0.15) is 5.75 Å². The van der Waals surface area contributed by atoms with Crippen molar-refractivity contribution in [2.45, 2.75) is 6.92 Å². The summed E-state index contributed by atoms with van der Waals surface area (Å²) in [6.45, 7) is 2.67. The van der Waals surface area contributed by atoms with Gasteiger partial charge in [-0.15, -0.1) is 28.3 Å². The summed E-state index contributed by atoms with van der Waals surface area (Å²) < 4.78 is 5.53. The molecule has 0 aliphatic rings. The van der Waals surface area contributed by atoms with Gasteiger partial charge in [0.25, 0.3) is 0 Å². The molecule has 1 heterocycles. The van der Waals surface area contributed by atoms with E-state index in [0.717, 1.165) is 17.0 Å². The average Bonchev–Trinajstić information content (AvgIpc) is 2.72. The highest BCUT2D eigenvalue weighted by Crippen LogP contribution is 2.29. The second-order valence-electron chi connectivity index (χ2n) is 2.80. The molecule has 0 aliphatic carbocycles. The second kappa shape index (κ2) is 5.88. The van der Waals surface area contributed by atoms with Crippen molar-refractivity contribution < 1.29 is 4.74 Å². The predicted octanol–water partition coefficient (Wildman–Crippen LogP) is 3.79. The first-order valence-corrected chi connectivity index (χ1v) is 5.46. The summed E-state index contributed by atoms with van der Waals surface area (Å²) in [5, 5.41) is 2.03. The molecule has 2 aromatic rings. The molecular formula is C11H12BrNOS. The average molecular weight is 286 g/mol. The monoisotopic (exact) mass is 285 g/mol. The van der Waals surface area contributed by atoms with Gasteiger partial charge in [-0.1, -0.05) is 12.1 Å². The summed E-state index contributed by atoms with van der Waals surface area (Å²) in [6, 6.07) is 7.97. The van der Waals surface area contributed by atoms with Gasteiger partial charge in [0.05, 0.1) is 17.8 Å². The lowest BCUT2D eigenvalue weighted by Gasteiger charge is -2.07. The zero-order valence-corrected chi connectivity index (χ0v) is 10.9. The molecule has 2 nitrogen and oxygen atoms in total. The van der Waals surface area contributed by atoms with Gasteiger partial charge in [0.2, 0.25) is 0 Å². The lowest BCUT2D eigenvalue weighted by molar-refractivity contribution is 0.341. The Balaban J connectivity index is 0.00000112. The molecule has 0 spiro atoms. The number of nitrogens with zero attached hydrogens (tertiary/aromatic N) is 1. The summed E-state index contributed by atoms with van der Waals surface area (Å²) in [7, 11) is 0. The van der Waals surface area contributed by atoms with Crippen molar-refractivity contribution in [2.24, 2.45) is 0 Å². The van der Waals surface area contributed by atoms with Crippen LogP contribution in [0, 0.1) is 0 Å². The van der Waals surface area contributed by atoms with Crippen LogP contribution in [0.1, 0.15) is 6.92 Å². The fraction of sp³-hybridized carbons (Fsp3) is 0.182. The molecule has 0 N–H and O–H groups in total. The fourth-order valence-electron chi connectivity index (χ4n) is 1.31. The highest BCUT2D eigenvalue weighted by atomic mass is 79.9. The van der Waals surface area contributed by atoms with Crippen LogP contribution in [0.2, 0.25) is 0 Å². The Morgan fingerprint density at radius 1 is 1.33 bits per heavy atom. The SMILES string of the molecule is Br.CCOc1ccccc1-c1cscn1. The number of para-hydroxylation sites is 1. The number of hydrogen-bond acceptors (Lipinski definition) is 3. The third kappa shape index (κ3) is 2.79. The molecule has 2 rings (SSSR count). The molecule has 80 valence electrons. The van der Waals surface area contributed by atoms with E-state index in [4.69, 9.17) is 4.74 Å². The molecule has 0 bridgehead atoms. The van der Waals surface area contributed by atoms with E-state index in [9.17, 15) is 0 Å². The molecule has 0 saturated carbocycles. The lowest BCUT2D eigenvalue weighted by Crippen LogP contribution is -1.93.